The molecule has 22 heavy (non-hydrogen) atoms. The molecule has 0 bridgehead atoms. The quantitative estimate of drug-likeness (QED) is 0.770. The maximum Gasteiger partial charge on any atom is 0.407 e. The van der Waals surface area contributed by atoms with Crippen molar-refractivity contribution in [2.75, 3.05) is 13.6 Å². The Morgan fingerprint density at radius 3 is 2.27 bits per heavy atom. The van der Waals surface area contributed by atoms with E-state index in [-0.39, 0.29) is 19.1 Å². The number of hydrogen-bond donors (Lipinski definition) is 3. The fourth-order valence-corrected chi connectivity index (χ4v) is 1.89. The van der Waals surface area contributed by atoms with Crippen LogP contribution in [0.25, 0.3) is 0 Å². The van der Waals surface area contributed by atoms with Gasteiger partial charge in [0.1, 0.15) is 5.60 Å². The van der Waals surface area contributed by atoms with E-state index in [0.29, 0.717) is 0 Å². The summed E-state index contributed by atoms with van der Waals surface area (Å²) >= 11 is 0. The Balaban J connectivity index is 2.76. The number of likely N-dealkylation sites (N-methyl/N-ethyl adjacent to an activating group) is 1. The van der Waals surface area contributed by atoms with Gasteiger partial charge >= 0.3 is 6.09 Å². The first-order valence-corrected chi connectivity index (χ1v) is 7.15. The molecule has 1 rings (SSSR count). The van der Waals surface area contributed by atoms with Crippen LogP contribution in [0.4, 0.5) is 4.79 Å². The number of hydrogen-bond acceptors (Lipinski definition) is 4. The number of nitrogens with one attached hydrogen (secondary N) is 2. The number of amides is 2. The van der Waals surface area contributed by atoms with E-state index < -0.39 is 17.6 Å². The van der Waals surface area contributed by atoms with Crippen molar-refractivity contribution in [2.45, 2.75) is 38.9 Å². The molecule has 122 valence electrons. The predicted molar refractivity (Wildman–Crippen MR) is 83.4 cm³/mol. The van der Waals surface area contributed by atoms with Crippen LogP contribution in [-0.2, 0) is 16.1 Å². The maximum atomic E-state index is 12.0. The number of aliphatic hydroxyl groups is 1. The minimum absolute atomic E-state index is 0.0545. The molecule has 0 aliphatic heterocycles. The number of alkyl carbamates (subject to hydrolysis) is 1. The lowest BCUT2D eigenvalue weighted by atomic mass is 9.97. The zero-order valence-electron chi connectivity index (χ0n) is 13.5. The second-order valence-electron chi connectivity index (χ2n) is 5.95. The van der Waals surface area contributed by atoms with Gasteiger partial charge in [-0.25, -0.2) is 4.79 Å². The zero-order chi connectivity index (χ0) is 16.8. The van der Waals surface area contributed by atoms with Gasteiger partial charge in [0.25, 0.3) is 0 Å². The van der Waals surface area contributed by atoms with Crippen molar-refractivity contribution in [1.82, 2.24) is 10.6 Å². The third-order valence-corrected chi connectivity index (χ3v) is 2.98. The summed E-state index contributed by atoms with van der Waals surface area (Å²) in [7, 11) is 1.55. The Labute approximate surface area is 130 Å². The van der Waals surface area contributed by atoms with Crippen molar-refractivity contribution < 1.29 is 19.4 Å². The predicted octanol–water partition coefficient (Wildman–Crippen LogP) is 1.53. The van der Waals surface area contributed by atoms with Gasteiger partial charge in [-0.3, -0.25) is 4.79 Å². The van der Waals surface area contributed by atoms with Crippen LogP contribution in [0, 0.1) is 0 Å². The molecule has 1 unspecified atom stereocenters. The van der Waals surface area contributed by atoms with Crippen molar-refractivity contribution in [3.05, 3.63) is 35.4 Å². The van der Waals surface area contributed by atoms with Crippen LogP contribution < -0.4 is 10.6 Å². The van der Waals surface area contributed by atoms with E-state index in [1.807, 2.05) is 0 Å². The number of rotatable bonds is 5. The maximum absolute atomic E-state index is 12.0. The number of ether oxygens (including phenoxy) is 1. The first-order valence-electron chi connectivity index (χ1n) is 7.15. The highest BCUT2D eigenvalue weighted by Gasteiger charge is 2.22. The average molecular weight is 308 g/mol. The van der Waals surface area contributed by atoms with Crippen LogP contribution in [-0.4, -0.2) is 36.3 Å². The van der Waals surface area contributed by atoms with Crippen molar-refractivity contribution in [1.29, 1.82) is 0 Å². The van der Waals surface area contributed by atoms with Crippen molar-refractivity contribution in [3.63, 3.8) is 0 Å². The standard InChI is InChI=1S/C16H24N2O4/c1-16(2,3)22-15(21)18-9-13(14(20)17-4)12-7-5-11(10-19)6-8-12/h5-8,13,19H,9-10H2,1-4H3,(H,17,20)(H,18,21). The Hall–Kier alpha value is -2.08. The third-order valence-electron chi connectivity index (χ3n) is 2.98. The number of carbonyl (C=O) groups is 2. The van der Waals surface area contributed by atoms with Gasteiger partial charge in [0, 0.05) is 13.6 Å². The molecule has 0 fully saturated rings. The van der Waals surface area contributed by atoms with Gasteiger partial charge in [-0.2, -0.15) is 0 Å². The molecule has 2 amide bonds. The second-order valence-corrected chi connectivity index (χ2v) is 5.95. The van der Waals surface area contributed by atoms with E-state index in [1.165, 1.54) is 0 Å². The number of carbonyl (C=O) groups excluding carboxylic acids is 2. The lowest BCUT2D eigenvalue weighted by molar-refractivity contribution is -0.121. The first-order chi connectivity index (χ1) is 10.3. The Kier molecular flexibility index (Phi) is 6.37. The Bertz CT molecular complexity index is 506. The van der Waals surface area contributed by atoms with E-state index in [2.05, 4.69) is 10.6 Å². The van der Waals surface area contributed by atoms with Gasteiger partial charge in [-0.1, -0.05) is 24.3 Å². The summed E-state index contributed by atoms with van der Waals surface area (Å²) in [6.07, 6.45) is -0.562. The molecular formula is C16H24N2O4. The van der Waals surface area contributed by atoms with Gasteiger partial charge in [-0.05, 0) is 31.9 Å². The zero-order valence-corrected chi connectivity index (χ0v) is 13.5. The molecule has 0 aromatic heterocycles. The van der Waals surface area contributed by atoms with Crippen LogP contribution in [0.3, 0.4) is 0 Å². The van der Waals surface area contributed by atoms with E-state index in [4.69, 9.17) is 9.84 Å². The summed E-state index contributed by atoms with van der Waals surface area (Å²) in [5, 5.41) is 14.2. The van der Waals surface area contributed by atoms with Crippen LogP contribution in [0.2, 0.25) is 0 Å². The fourth-order valence-electron chi connectivity index (χ4n) is 1.89. The molecule has 0 radical (unpaired) electrons. The summed E-state index contributed by atoms with van der Waals surface area (Å²) in [4.78, 5) is 23.7. The SMILES string of the molecule is CNC(=O)C(CNC(=O)OC(C)(C)C)c1ccc(CO)cc1. The summed E-state index contributed by atoms with van der Waals surface area (Å²) in [5.41, 5.74) is 0.933. The number of benzene rings is 1. The summed E-state index contributed by atoms with van der Waals surface area (Å²) in [5.74, 6) is -0.724. The lowest BCUT2D eigenvalue weighted by Gasteiger charge is -2.21. The van der Waals surface area contributed by atoms with E-state index in [0.717, 1.165) is 11.1 Å². The summed E-state index contributed by atoms with van der Waals surface area (Å²) in [6, 6.07) is 7.03. The van der Waals surface area contributed by atoms with Crippen molar-refractivity contribution in [3.8, 4) is 0 Å². The van der Waals surface area contributed by atoms with E-state index >= 15 is 0 Å². The largest absolute Gasteiger partial charge is 0.444 e. The van der Waals surface area contributed by atoms with Gasteiger partial charge in [-0.15, -0.1) is 0 Å². The fraction of sp³-hybridized carbons (Fsp3) is 0.500. The van der Waals surface area contributed by atoms with Crippen molar-refractivity contribution in [2.24, 2.45) is 0 Å². The Morgan fingerprint density at radius 1 is 1.23 bits per heavy atom. The molecule has 0 saturated heterocycles. The van der Waals surface area contributed by atoms with Gasteiger partial charge in [0.2, 0.25) is 5.91 Å². The van der Waals surface area contributed by atoms with E-state index in [1.54, 1.807) is 52.1 Å². The molecule has 0 heterocycles. The van der Waals surface area contributed by atoms with Crippen molar-refractivity contribution >= 4 is 12.0 Å². The van der Waals surface area contributed by atoms with Gasteiger partial charge < -0.3 is 20.5 Å². The molecule has 1 aromatic carbocycles. The normalized spacial score (nSPS) is 12.4. The summed E-state index contributed by atoms with van der Waals surface area (Å²) < 4.78 is 5.16. The van der Waals surface area contributed by atoms with Crippen LogP contribution in [0.5, 0.6) is 0 Å². The third kappa shape index (κ3) is 5.73. The molecule has 1 atom stereocenters. The first kappa shape index (κ1) is 18.0. The highest BCUT2D eigenvalue weighted by Crippen LogP contribution is 2.17. The monoisotopic (exact) mass is 308 g/mol. The molecule has 0 aliphatic carbocycles. The average Bonchev–Trinajstić information content (AvgIpc) is 2.45. The molecule has 0 aliphatic rings. The van der Waals surface area contributed by atoms with Gasteiger partial charge in [0.05, 0.1) is 12.5 Å². The molecule has 0 spiro atoms. The smallest absolute Gasteiger partial charge is 0.407 e. The summed E-state index contributed by atoms with van der Waals surface area (Å²) in [6.45, 7) is 5.40. The minimum Gasteiger partial charge on any atom is -0.444 e. The topological polar surface area (TPSA) is 87.7 Å². The van der Waals surface area contributed by atoms with Crippen LogP contribution in [0.15, 0.2) is 24.3 Å². The van der Waals surface area contributed by atoms with Crippen LogP contribution in [0.1, 0.15) is 37.8 Å². The molecule has 3 N–H and O–H groups in total. The Morgan fingerprint density at radius 2 is 1.82 bits per heavy atom. The van der Waals surface area contributed by atoms with Gasteiger partial charge in [0.15, 0.2) is 0 Å². The highest BCUT2D eigenvalue weighted by molar-refractivity contribution is 5.84. The minimum atomic E-state index is -0.588. The molecular weight excluding hydrogens is 284 g/mol. The molecule has 6 nitrogen and oxygen atoms in total. The highest BCUT2D eigenvalue weighted by atomic mass is 16.6. The molecule has 1 aromatic rings. The molecule has 6 heteroatoms. The van der Waals surface area contributed by atoms with Crippen LogP contribution >= 0.6 is 0 Å². The number of aliphatic hydroxyl groups excluding tert-OH is 1. The molecule has 0 saturated carbocycles. The van der Waals surface area contributed by atoms with E-state index in [9.17, 15) is 9.59 Å². The second kappa shape index (κ2) is 7.79. The lowest BCUT2D eigenvalue weighted by Crippen LogP contribution is -2.38.